The van der Waals surface area contributed by atoms with Gasteiger partial charge in [-0.15, -0.1) is 0 Å². The molecule has 1 amide bonds. The fourth-order valence-electron chi connectivity index (χ4n) is 1.68. The van der Waals surface area contributed by atoms with Crippen LogP contribution in [0.4, 0.5) is 5.69 Å². The summed E-state index contributed by atoms with van der Waals surface area (Å²) in [5, 5.41) is 6.87. The lowest BCUT2D eigenvalue weighted by Crippen LogP contribution is -2.13. The molecule has 0 aliphatic rings. The molecule has 0 fully saturated rings. The highest BCUT2D eigenvalue weighted by Gasteiger charge is 2.09. The first kappa shape index (κ1) is 14.1. The average Bonchev–Trinajstić information content (AvgIpc) is 2.90. The van der Waals surface area contributed by atoms with Crippen molar-refractivity contribution in [2.75, 3.05) is 19.0 Å². The third kappa shape index (κ3) is 3.58. The Kier molecular flexibility index (Phi) is 4.73. The van der Waals surface area contributed by atoms with Crippen LogP contribution in [0.3, 0.4) is 0 Å². The van der Waals surface area contributed by atoms with Crippen molar-refractivity contribution < 1.29 is 14.3 Å². The Hall–Kier alpha value is -2.34. The molecule has 106 valence electrons. The van der Waals surface area contributed by atoms with Crippen LogP contribution in [0.25, 0.3) is 0 Å². The van der Waals surface area contributed by atoms with E-state index in [1.54, 1.807) is 36.2 Å². The number of amides is 1. The number of carbonyl (C=O) groups is 1. The van der Waals surface area contributed by atoms with E-state index in [1.165, 1.54) is 0 Å². The number of benzene rings is 1. The summed E-state index contributed by atoms with van der Waals surface area (Å²) < 4.78 is 11.8. The summed E-state index contributed by atoms with van der Waals surface area (Å²) in [6.45, 7) is 2.85. The molecule has 1 N–H and O–H groups in total. The van der Waals surface area contributed by atoms with E-state index in [2.05, 4.69) is 10.4 Å². The number of carbonyl (C=O) groups excluding carboxylic acids is 1. The van der Waals surface area contributed by atoms with E-state index >= 15 is 0 Å². The smallest absolute Gasteiger partial charge is 0.276 e. The number of methoxy groups -OCH3 is 1. The van der Waals surface area contributed by atoms with Crippen molar-refractivity contribution in [3.63, 3.8) is 0 Å². The Morgan fingerprint density at radius 3 is 2.70 bits per heavy atom. The van der Waals surface area contributed by atoms with E-state index in [0.29, 0.717) is 24.7 Å². The Morgan fingerprint density at radius 2 is 2.05 bits per heavy atom. The van der Waals surface area contributed by atoms with Crippen LogP contribution in [0.2, 0.25) is 0 Å². The summed E-state index contributed by atoms with van der Waals surface area (Å²) >= 11 is 0. The van der Waals surface area contributed by atoms with Gasteiger partial charge < -0.3 is 14.8 Å². The van der Waals surface area contributed by atoms with Crippen LogP contribution in [0, 0.1) is 0 Å². The first-order valence-electron chi connectivity index (χ1n) is 6.29. The highest BCUT2D eigenvalue weighted by molar-refractivity contribution is 6.02. The second-order valence-corrected chi connectivity index (χ2v) is 4.07. The maximum atomic E-state index is 12.0. The van der Waals surface area contributed by atoms with Gasteiger partial charge in [-0.05, 0) is 37.3 Å². The Morgan fingerprint density at radius 1 is 1.30 bits per heavy atom. The van der Waals surface area contributed by atoms with Crippen molar-refractivity contribution in [2.24, 2.45) is 0 Å². The van der Waals surface area contributed by atoms with Gasteiger partial charge in [0.2, 0.25) is 0 Å². The molecule has 0 aliphatic carbocycles. The second kappa shape index (κ2) is 6.72. The summed E-state index contributed by atoms with van der Waals surface area (Å²) in [6, 6.07) is 8.83. The summed E-state index contributed by atoms with van der Waals surface area (Å²) in [7, 11) is 1.57. The highest BCUT2D eigenvalue weighted by atomic mass is 16.5. The van der Waals surface area contributed by atoms with Crippen molar-refractivity contribution in [3.8, 4) is 5.75 Å². The van der Waals surface area contributed by atoms with Crippen molar-refractivity contribution in [1.29, 1.82) is 0 Å². The number of nitrogens with zero attached hydrogens (tertiary/aromatic N) is 2. The summed E-state index contributed by atoms with van der Waals surface area (Å²) in [4.78, 5) is 12.0. The molecule has 6 nitrogen and oxygen atoms in total. The minimum absolute atomic E-state index is 0.260. The Bertz CT molecular complexity index is 563. The van der Waals surface area contributed by atoms with Crippen LogP contribution < -0.4 is 10.1 Å². The molecule has 6 heteroatoms. The molecule has 0 atom stereocenters. The average molecular weight is 275 g/mol. The molecule has 0 aliphatic heterocycles. The minimum Gasteiger partial charge on any atom is -0.494 e. The molecule has 0 spiro atoms. The van der Waals surface area contributed by atoms with Crippen LogP contribution in [0.5, 0.6) is 5.75 Å². The van der Waals surface area contributed by atoms with Crippen LogP contribution >= 0.6 is 0 Å². The molecule has 1 aromatic carbocycles. The maximum Gasteiger partial charge on any atom is 0.276 e. The standard InChI is InChI=1S/C14H17N3O3/c1-3-20-12-6-4-11(5-7-12)15-14(18)13-8-9-17(16-13)10-19-2/h4-9H,3,10H2,1-2H3,(H,15,18). The molecule has 1 aromatic heterocycles. The first-order valence-corrected chi connectivity index (χ1v) is 6.29. The molecule has 2 rings (SSSR count). The van der Waals surface area contributed by atoms with Gasteiger partial charge in [-0.25, -0.2) is 4.68 Å². The van der Waals surface area contributed by atoms with E-state index in [4.69, 9.17) is 9.47 Å². The van der Waals surface area contributed by atoms with Crippen molar-refractivity contribution >= 4 is 11.6 Å². The number of aromatic nitrogens is 2. The van der Waals surface area contributed by atoms with Crippen molar-refractivity contribution in [3.05, 3.63) is 42.2 Å². The molecule has 1 heterocycles. The zero-order chi connectivity index (χ0) is 14.4. The quantitative estimate of drug-likeness (QED) is 0.877. The fourth-order valence-corrected chi connectivity index (χ4v) is 1.68. The maximum absolute atomic E-state index is 12.0. The number of hydrogen-bond acceptors (Lipinski definition) is 4. The molecule has 0 bridgehead atoms. The van der Waals surface area contributed by atoms with Crippen LogP contribution in [-0.4, -0.2) is 29.4 Å². The lowest BCUT2D eigenvalue weighted by Gasteiger charge is -2.06. The van der Waals surface area contributed by atoms with Gasteiger partial charge in [0.1, 0.15) is 12.5 Å². The van der Waals surface area contributed by atoms with E-state index in [1.807, 2.05) is 19.1 Å². The largest absolute Gasteiger partial charge is 0.494 e. The lowest BCUT2D eigenvalue weighted by atomic mass is 10.3. The molecular weight excluding hydrogens is 258 g/mol. The summed E-state index contributed by atoms with van der Waals surface area (Å²) in [6.07, 6.45) is 1.69. The van der Waals surface area contributed by atoms with Gasteiger partial charge in [0, 0.05) is 19.0 Å². The fraction of sp³-hybridized carbons (Fsp3) is 0.286. The van der Waals surface area contributed by atoms with Crippen LogP contribution in [0.15, 0.2) is 36.5 Å². The number of hydrogen-bond donors (Lipinski definition) is 1. The monoisotopic (exact) mass is 275 g/mol. The van der Waals surface area contributed by atoms with Gasteiger partial charge in [-0.3, -0.25) is 4.79 Å². The number of anilines is 1. The predicted octanol–water partition coefficient (Wildman–Crippen LogP) is 2.14. The zero-order valence-electron chi connectivity index (χ0n) is 11.5. The second-order valence-electron chi connectivity index (χ2n) is 4.07. The van der Waals surface area contributed by atoms with Gasteiger partial charge in [-0.1, -0.05) is 0 Å². The molecule has 0 saturated carbocycles. The van der Waals surface area contributed by atoms with E-state index in [9.17, 15) is 4.79 Å². The van der Waals surface area contributed by atoms with Gasteiger partial charge in [0.15, 0.2) is 5.69 Å². The van der Waals surface area contributed by atoms with E-state index in [0.717, 1.165) is 5.75 Å². The Balaban J connectivity index is 1.99. The topological polar surface area (TPSA) is 65.4 Å². The van der Waals surface area contributed by atoms with E-state index < -0.39 is 0 Å². The molecule has 2 aromatic rings. The molecule has 20 heavy (non-hydrogen) atoms. The van der Waals surface area contributed by atoms with Crippen molar-refractivity contribution in [1.82, 2.24) is 9.78 Å². The van der Waals surface area contributed by atoms with Crippen LogP contribution in [0.1, 0.15) is 17.4 Å². The van der Waals surface area contributed by atoms with Gasteiger partial charge in [0.05, 0.1) is 6.61 Å². The number of rotatable bonds is 6. The first-order chi connectivity index (χ1) is 9.72. The molecule has 0 radical (unpaired) electrons. The summed E-state index contributed by atoms with van der Waals surface area (Å²) in [5.74, 6) is 0.513. The van der Waals surface area contributed by atoms with Crippen LogP contribution in [-0.2, 0) is 11.5 Å². The van der Waals surface area contributed by atoms with Gasteiger partial charge in [0.25, 0.3) is 5.91 Å². The van der Waals surface area contributed by atoms with Crippen molar-refractivity contribution in [2.45, 2.75) is 13.7 Å². The molecule has 0 unspecified atom stereocenters. The molecular formula is C14H17N3O3. The third-order valence-electron chi connectivity index (χ3n) is 2.56. The third-order valence-corrected chi connectivity index (χ3v) is 2.56. The molecule has 0 saturated heterocycles. The SMILES string of the molecule is CCOc1ccc(NC(=O)c2ccn(COC)n2)cc1. The Labute approximate surface area is 117 Å². The normalized spacial score (nSPS) is 10.3. The van der Waals surface area contributed by atoms with Gasteiger partial charge in [-0.2, -0.15) is 5.10 Å². The zero-order valence-corrected chi connectivity index (χ0v) is 11.5. The number of ether oxygens (including phenoxy) is 2. The summed E-state index contributed by atoms with van der Waals surface area (Å²) in [5.41, 5.74) is 1.04. The number of nitrogens with one attached hydrogen (secondary N) is 1. The van der Waals surface area contributed by atoms with E-state index in [-0.39, 0.29) is 5.91 Å². The highest BCUT2D eigenvalue weighted by Crippen LogP contribution is 2.16. The van der Waals surface area contributed by atoms with Gasteiger partial charge >= 0.3 is 0 Å². The predicted molar refractivity (Wildman–Crippen MR) is 74.8 cm³/mol. The lowest BCUT2D eigenvalue weighted by molar-refractivity contribution is 0.101. The minimum atomic E-state index is -0.260.